The van der Waals surface area contributed by atoms with Gasteiger partial charge in [-0.15, -0.1) is 24.8 Å². The van der Waals surface area contributed by atoms with Crippen LogP contribution in [-0.2, 0) is 4.74 Å². The first-order valence-electron chi connectivity index (χ1n) is 6.46. The first kappa shape index (κ1) is 21.1. The van der Waals surface area contributed by atoms with E-state index < -0.39 is 5.60 Å². The molecule has 1 saturated carbocycles. The van der Waals surface area contributed by atoms with Gasteiger partial charge in [0.25, 0.3) is 0 Å². The van der Waals surface area contributed by atoms with E-state index >= 15 is 0 Å². The van der Waals surface area contributed by atoms with E-state index in [1.54, 1.807) is 4.90 Å². The Balaban J connectivity index is 0. The summed E-state index contributed by atoms with van der Waals surface area (Å²) >= 11 is 0. The van der Waals surface area contributed by atoms with Crippen molar-refractivity contribution < 1.29 is 9.53 Å². The van der Waals surface area contributed by atoms with Gasteiger partial charge in [-0.25, -0.2) is 4.79 Å². The molecule has 4 nitrogen and oxygen atoms in total. The molecule has 0 spiro atoms. The summed E-state index contributed by atoms with van der Waals surface area (Å²) in [5, 5.41) is 3.30. The number of hydrogen-bond acceptors (Lipinski definition) is 3. The van der Waals surface area contributed by atoms with Gasteiger partial charge in [-0.3, -0.25) is 0 Å². The topological polar surface area (TPSA) is 41.6 Å². The van der Waals surface area contributed by atoms with Crippen molar-refractivity contribution >= 4 is 30.9 Å². The lowest BCUT2D eigenvalue weighted by Gasteiger charge is -2.35. The molecule has 0 aliphatic heterocycles. The molecular formula is C13H28Cl2N2O2. The van der Waals surface area contributed by atoms with Crippen molar-refractivity contribution in [3.63, 3.8) is 0 Å². The van der Waals surface area contributed by atoms with Crippen molar-refractivity contribution in [2.75, 3.05) is 14.1 Å². The molecule has 116 valence electrons. The van der Waals surface area contributed by atoms with E-state index in [1.165, 1.54) is 0 Å². The minimum atomic E-state index is -0.409. The molecule has 0 unspecified atom stereocenters. The third kappa shape index (κ3) is 7.23. The number of nitrogens with zero attached hydrogens (tertiary/aromatic N) is 1. The van der Waals surface area contributed by atoms with Gasteiger partial charge in [0, 0.05) is 19.1 Å². The second-order valence-corrected chi connectivity index (χ2v) is 5.89. The van der Waals surface area contributed by atoms with Gasteiger partial charge in [0.1, 0.15) is 5.60 Å². The van der Waals surface area contributed by atoms with Crippen LogP contribution in [0.15, 0.2) is 0 Å². The van der Waals surface area contributed by atoms with Gasteiger partial charge in [-0.05, 0) is 53.5 Å². The second-order valence-electron chi connectivity index (χ2n) is 5.89. The van der Waals surface area contributed by atoms with Gasteiger partial charge in [-0.1, -0.05) is 0 Å². The van der Waals surface area contributed by atoms with Crippen molar-refractivity contribution in [3.05, 3.63) is 0 Å². The van der Waals surface area contributed by atoms with Gasteiger partial charge in [-0.2, -0.15) is 0 Å². The molecule has 0 aromatic heterocycles. The van der Waals surface area contributed by atoms with E-state index in [0.717, 1.165) is 25.7 Å². The van der Waals surface area contributed by atoms with Crippen molar-refractivity contribution in [2.45, 2.75) is 64.1 Å². The Kier molecular flexibility index (Phi) is 9.87. The Morgan fingerprint density at radius 2 is 1.63 bits per heavy atom. The summed E-state index contributed by atoms with van der Waals surface area (Å²) in [6, 6.07) is 0.938. The van der Waals surface area contributed by atoms with Gasteiger partial charge < -0.3 is 15.0 Å². The van der Waals surface area contributed by atoms with Gasteiger partial charge in [0.2, 0.25) is 0 Å². The SMILES string of the molecule is CNC1CCC(N(C)C(=O)OC(C)(C)C)CC1.Cl.Cl. The van der Waals surface area contributed by atoms with Crippen molar-refractivity contribution in [1.29, 1.82) is 0 Å². The summed E-state index contributed by atoms with van der Waals surface area (Å²) in [7, 11) is 3.85. The number of hydrogen-bond donors (Lipinski definition) is 1. The van der Waals surface area contributed by atoms with E-state index in [9.17, 15) is 4.79 Å². The van der Waals surface area contributed by atoms with Crippen LogP contribution in [0.3, 0.4) is 0 Å². The van der Waals surface area contributed by atoms with E-state index in [2.05, 4.69) is 5.32 Å². The summed E-state index contributed by atoms with van der Waals surface area (Å²) in [6.07, 6.45) is 4.18. The molecule has 1 N–H and O–H groups in total. The van der Waals surface area contributed by atoms with E-state index in [-0.39, 0.29) is 30.9 Å². The maximum atomic E-state index is 11.9. The monoisotopic (exact) mass is 314 g/mol. The quantitative estimate of drug-likeness (QED) is 0.850. The minimum absolute atomic E-state index is 0. The number of nitrogens with one attached hydrogen (secondary N) is 1. The molecule has 1 amide bonds. The average Bonchev–Trinajstić information content (AvgIpc) is 2.26. The fourth-order valence-electron chi connectivity index (χ4n) is 2.23. The summed E-state index contributed by atoms with van der Waals surface area (Å²) in [4.78, 5) is 13.7. The molecule has 1 rings (SSSR count). The number of amides is 1. The maximum absolute atomic E-state index is 11.9. The number of rotatable bonds is 2. The number of ether oxygens (including phenoxy) is 1. The molecule has 0 heterocycles. The molecule has 1 aliphatic rings. The third-order valence-corrected chi connectivity index (χ3v) is 3.33. The van der Waals surface area contributed by atoms with Crippen LogP contribution in [0.4, 0.5) is 4.79 Å². The number of halogens is 2. The second kappa shape index (κ2) is 8.88. The largest absolute Gasteiger partial charge is 0.444 e. The zero-order valence-electron chi connectivity index (χ0n) is 12.6. The van der Waals surface area contributed by atoms with Crippen LogP contribution in [0, 0.1) is 0 Å². The predicted molar refractivity (Wildman–Crippen MR) is 83.6 cm³/mol. The zero-order chi connectivity index (χ0) is 13.1. The molecule has 19 heavy (non-hydrogen) atoms. The lowest BCUT2D eigenvalue weighted by Crippen LogP contribution is -2.44. The van der Waals surface area contributed by atoms with E-state index in [0.29, 0.717) is 12.1 Å². The molecule has 0 bridgehead atoms. The summed E-state index contributed by atoms with van der Waals surface area (Å²) in [5.74, 6) is 0. The standard InChI is InChI=1S/C13H26N2O2.2ClH/c1-13(2,3)17-12(16)15(5)11-8-6-10(14-4)7-9-11;;/h10-11,14H,6-9H2,1-5H3;2*1H. The van der Waals surface area contributed by atoms with Crippen LogP contribution < -0.4 is 5.32 Å². The van der Waals surface area contributed by atoms with Gasteiger partial charge >= 0.3 is 6.09 Å². The van der Waals surface area contributed by atoms with E-state index in [4.69, 9.17) is 4.74 Å². The van der Waals surface area contributed by atoms with Crippen LogP contribution in [0.25, 0.3) is 0 Å². The third-order valence-electron chi connectivity index (χ3n) is 3.33. The van der Waals surface area contributed by atoms with Crippen LogP contribution in [0.2, 0.25) is 0 Å². The zero-order valence-corrected chi connectivity index (χ0v) is 14.2. The maximum Gasteiger partial charge on any atom is 0.410 e. The smallest absolute Gasteiger partial charge is 0.410 e. The van der Waals surface area contributed by atoms with Crippen LogP contribution in [0.1, 0.15) is 46.5 Å². The molecule has 1 fully saturated rings. The van der Waals surface area contributed by atoms with Crippen molar-refractivity contribution in [1.82, 2.24) is 10.2 Å². The van der Waals surface area contributed by atoms with Gasteiger partial charge in [0.15, 0.2) is 0 Å². The number of carbonyl (C=O) groups excluding carboxylic acids is 1. The van der Waals surface area contributed by atoms with Crippen molar-refractivity contribution in [3.8, 4) is 0 Å². The molecule has 0 aromatic rings. The molecular weight excluding hydrogens is 287 g/mol. The van der Waals surface area contributed by atoms with Crippen LogP contribution in [-0.4, -0.2) is 42.8 Å². The lowest BCUT2D eigenvalue weighted by molar-refractivity contribution is 0.0180. The van der Waals surface area contributed by atoms with Crippen molar-refractivity contribution in [2.24, 2.45) is 0 Å². The number of carbonyl (C=O) groups is 1. The summed E-state index contributed by atoms with van der Waals surface area (Å²) in [6.45, 7) is 5.70. The molecule has 6 heteroatoms. The Morgan fingerprint density at radius 1 is 1.16 bits per heavy atom. The van der Waals surface area contributed by atoms with Gasteiger partial charge in [0.05, 0.1) is 0 Å². The molecule has 0 atom stereocenters. The summed E-state index contributed by atoms with van der Waals surface area (Å²) < 4.78 is 5.38. The minimum Gasteiger partial charge on any atom is -0.444 e. The normalized spacial score (nSPS) is 22.8. The molecule has 0 radical (unpaired) electrons. The van der Waals surface area contributed by atoms with E-state index in [1.807, 2.05) is 34.9 Å². The highest BCUT2D eigenvalue weighted by Gasteiger charge is 2.28. The first-order valence-corrected chi connectivity index (χ1v) is 6.46. The lowest BCUT2D eigenvalue weighted by atomic mass is 9.90. The highest BCUT2D eigenvalue weighted by molar-refractivity contribution is 5.85. The summed E-state index contributed by atoms with van der Waals surface area (Å²) in [5.41, 5.74) is -0.409. The Labute approximate surface area is 129 Å². The highest BCUT2D eigenvalue weighted by Crippen LogP contribution is 2.23. The average molecular weight is 315 g/mol. The first-order chi connectivity index (χ1) is 7.83. The molecule has 0 aromatic carbocycles. The Bertz CT molecular complexity index is 262. The fourth-order valence-corrected chi connectivity index (χ4v) is 2.23. The fraction of sp³-hybridized carbons (Fsp3) is 0.923. The Morgan fingerprint density at radius 3 is 2.00 bits per heavy atom. The molecule has 0 saturated heterocycles. The molecule has 1 aliphatic carbocycles. The highest BCUT2D eigenvalue weighted by atomic mass is 35.5. The van der Waals surface area contributed by atoms with Crippen LogP contribution >= 0.6 is 24.8 Å². The Hall–Kier alpha value is -0.190. The predicted octanol–water partition coefficient (Wildman–Crippen LogP) is 3.23. The van der Waals surface area contributed by atoms with Crippen LogP contribution in [0.5, 0.6) is 0 Å².